The van der Waals surface area contributed by atoms with Crippen LogP contribution in [-0.2, 0) is 10.8 Å². The van der Waals surface area contributed by atoms with Gasteiger partial charge in [0.2, 0.25) is 0 Å². The number of benzene rings is 3. The van der Waals surface area contributed by atoms with Gasteiger partial charge in [0, 0.05) is 32.9 Å². The topological polar surface area (TPSA) is 48.9 Å². The van der Waals surface area contributed by atoms with Gasteiger partial charge in [-0.1, -0.05) is 120 Å². The standard InChI is InChI=1S/C34H42N2OS2/c1-33(2,3)27-22-26(23-28(31(27)37)34(4,5)6)38-20-14-9-15-21-39-32-35-29(24-16-10-7-11-17-24)30(36-32)25-18-12-8-13-19-25/h7-8,10-13,16-19,22-23,37H,9,14-15,20-21H2,1-6H3,(H,35,36). The molecule has 4 rings (SSSR count). The Morgan fingerprint density at radius 2 is 1.21 bits per heavy atom. The molecule has 0 unspecified atom stereocenters. The van der Waals surface area contributed by atoms with E-state index in [-0.39, 0.29) is 10.8 Å². The minimum absolute atomic E-state index is 0.0928. The number of thioether (sulfide) groups is 2. The normalized spacial score (nSPS) is 12.2. The second kappa shape index (κ2) is 12.7. The molecule has 5 heteroatoms. The van der Waals surface area contributed by atoms with Crippen molar-refractivity contribution >= 4 is 23.5 Å². The summed E-state index contributed by atoms with van der Waals surface area (Å²) in [5.41, 5.74) is 6.28. The van der Waals surface area contributed by atoms with Crippen molar-refractivity contribution in [1.82, 2.24) is 9.97 Å². The number of rotatable bonds is 10. The monoisotopic (exact) mass is 558 g/mol. The number of phenols is 1. The fourth-order valence-corrected chi connectivity index (χ4v) is 6.47. The third-order valence-electron chi connectivity index (χ3n) is 6.79. The average Bonchev–Trinajstić information content (AvgIpc) is 3.33. The molecule has 4 aromatic rings. The van der Waals surface area contributed by atoms with E-state index in [1.54, 1.807) is 0 Å². The first kappa shape index (κ1) is 29.4. The van der Waals surface area contributed by atoms with Crippen molar-refractivity contribution < 1.29 is 5.11 Å². The van der Waals surface area contributed by atoms with Crippen LogP contribution in [0.2, 0.25) is 0 Å². The Kier molecular flexibility index (Phi) is 9.56. The summed E-state index contributed by atoms with van der Waals surface area (Å²) in [5.74, 6) is 2.59. The van der Waals surface area contributed by atoms with Crippen molar-refractivity contribution in [2.24, 2.45) is 0 Å². The van der Waals surface area contributed by atoms with Gasteiger partial charge >= 0.3 is 0 Å². The lowest BCUT2D eigenvalue weighted by atomic mass is 9.79. The minimum Gasteiger partial charge on any atom is -0.507 e. The van der Waals surface area contributed by atoms with E-state index in [0.29, 0.717) is 5.75 Å². The van der Waals surface area contributed by atoms with Crippen LogP contribution in [0, 0.1) is 0 Å². The van der Waals surface area contributed by atoms with Crippen molar-refractivity contribution in [2.75, 3.05) is 11.5 Å². The van der Waals surface area contributed by atoms with Gasteiger partial charge in [0.05, 0.1) is 11.4 Å². The molecular weight excluding hydrogens is 517 g/mol. The van der Waals surface area contributed by atoms with Gasteiger partial charge in [-0.25, -0.2) is 4.98 Å². The molecular formula is C34H42N2OS2. The third kappa shape index (κ3) is 7.73. The summed E-state index contributed by atoms with van der Waals surface area (Å²) in [6.45, 7) is 13.0. The Hall–Kier alpha value is -2.63. The highest BCUT2D eigenvalue weighted by molar-refractivity contribution is 7.99. The quantitative estimate of drug-likeness (QED) is 0.150. The number of unbranched alkanes of at least 4 members (excludes halogenated alkanes) is 2. The number of H-pyrrole nitrogens is 1. The van der Waals surface area contributed by atoms with Crippen LogP contribution in [-0.4, -0.2) is 26.6 Å². The fourth-order valence-electron chi connectivity index (χ4n) is 4.61. The highest BCUT2D eigenvalue weighted by Crippen LogP contribution is 2.42. The van der Waals surface area contributed by atoms with E-state index in [9.17, 15) is 5.11 Å². The Bertz CT molecular complexity index is 1260. The van der Waals surface area contributed by atoms with Gasteiger partial charge in [0.1, 0.15) is 5.75 Å². The molecule has 3 nitrogen and oxygen atoms in total. The first-order chi connectivity index (χ1) is 18.5. The molecule has 0 amide bonds. The largest absolute Gasteiger partial charge is 0.507 e. The van der Waals surface area contributed by atoms with Crippen LogP contribution in [0.15, 0.2) is 82.8 Å². The molecule has 0 spiro atoms. The summed E-state index contributed by atoms with van der Waals surface area (Å²) in [6, 6.07) is 25.3. The SMILES string of the molecule is CC(C)(C)c1cc(SCCCCCSc2nc(-c3ccccc3)c(-c3ccccc3)[nH]2)cc(C(C)(C)C)c1O. The molecule has 0 aliphatic rings. The minimum atomic E-state index is -0.0928. The maximum atomic E-state index is 11.0. The first-order valence-electron chi connectivity index (χ1n) is 13.9. The van der Waals surface area contributed by atoms with Gasteiger partial charge in [0.15, 0.2) is 5.16 Å². The number of aromatic nitrogens is 2. The fraction of sp³-hybridized carbons (Fsp3) is 0.382. The van der Waals surface area contributed by atoms with Crippen LogP contribution < -0.4 is 0 Å². The Labute approximate surface area is 243 Å². The van der Waals surface area contributed by atoms with Crippen LogP contribution in [0.1, 0.15) is 71.9 Å². The molecule has 206 valence electrons. The summed E-state index contributed by atoms with van der Waals surface area (Å²) < 4.78 is 0. The van der Waals surface area contributed by atoms with E-state index >= 15 is 0 Å². The summed E-state index contributed by atoms with van der Waals surface area (Å²) >= 11 is 3.72. The number of nitrogens with one attached hydrogen (secondary N) is 1. The van der Waals surface area contributed by atoms with Crippen molar-refractivity contribution in [3.05, 3.63) is 83.9 Å². The maximum Gasteiger partial charge on any atom is 0.166 e. The molecule has 0 radical (unpaired) electrons. The molecule has 39 heavy (non-hydrogen) atoms. The molecule has 3 aromatic carbocycles. The molecule has 0 aliphatic heterocycles. The van der Waals surface area contributed by atoms with E-state index in [2.05, 4.69) is 107 Å². The Balaban J connectivity index is 1.32. The Morgan fingerprint density at radius 1 is 0.692 bits per heavy atom. The van der Waals surface area contributed by atoms with E-state index in [1.165, 1.54) is 17.7 Å². The Morgan fingerprint density at radius 3 is 1.74 bits per heavy atom. The molecule has 1 heterocycles. The summed E-state index contributed by atoms with van der Waals surface area (Å²) in [4.78, 5) is 9.82. The maximum absolute atomic E-state index is 11.0. The van der Waals surface area contributed by atoms with Gasteiger partial charge in [-0.15, -0.1) is 11.8 Å². The average molecular weight is 559 g/mol. The number of hydrogen-bond donors (Lipinski definition) is 2. The zero-order chi connectivity index (χ0) is 28.0. The smallest absolute Gasteiger partial charge is 0.166 e. The van der Waals surface area contributed by atoms with Gasteiger partial charge in [-0.05, 0) is 41.6 Å². The number of imidazole rings is 1. The number of phenolic OH excluding ortho intramolecular Hbond substituents is 1. The van der Waals surface area contributed by atoms with Crippen LogP contribution in [0.25, 0.3) is 22.5 Å². The molecule has 0 fully saturated rings. The second-order valence-electron chi connectivity index (χ2n) is 12.1. The molecule has 2 N–H and O–H groups in total. The number of nitrogens with zero attached hydrogens (tertiary/aromatic N) is 1. The van der Waals surface area contributed by atoms with E-state index < -0.39 is 0 Å². The van der Waals surface area contributed by atoms with Crippen LogP contribution >= 0.6 is 23.5 Å². The zero-order valence-electron chi connectivity index (χ0n) is 24.2. The molecule has 0 atom stereocenters. The van der Waals surface area contributed by atoms with Crippen LogP contribution in [0.5, 0.6) is 5.75 Å². The lowest BCUT2D eigenvalue weighted by molar-refractivity contribution is 0.422. The number of hydrogen-bond acceptors (Lipinski definition) is 4. The van der Waals surface area contributed by atoms with Gasteiger partial charge < -0.3 is 10.1 Å². The lowest BCUT2D eigenvalue weighted by Crippen LogP contribution is -2.17. The number of aromatic amines is 1. The van der Waals surface area contributed by atoms with Gasteiger partial charge in [-0.2, -0.15) is 0 Å². The van der Waals surface area contributed by atoms with Gasteiger partial charge in [-0.3, -0.25) is 0 Å². The predicted molar refractivity (Wildman–Crippen MR) is 170 cm³/mol. The highest BCUT2D eigenvalue weighted by Gasteiger charge is 2.26. The molecule has 0 aliphatic carbocycles. The van der Waals surface area contributed by atoms with Crippen molar-refractivity contribution in [1.29, 1.82) is 0 Å². The number of aromatic hydroxyl groups is 1. The van der Waals surface area contributed by atoms with Gasteiger partial charge in [0.25, 0.3) is 0 Å². The van der Waals surface area contributed by atoms with Crippen LogP contribution in [0.3, 0.4) is 0 Å². The second-order valence-corrected chi connectivity index (χ2v) is 14.4. The van der Waals surface area contributed by atoms with E-state index in [4.69, 9.17) is 4.98 Å². The van der Waals surface area contributed by atoms with Crippen molar-refractivity contribution in [2.45, 2.75) is 81.7 Å². The first-order valence-corrected chi connectivity index (χ1v) is 15.9. The molecule has 0 saturated carbocycles. The highest BCUT2D eigenvalue weighted by atomic mass is 32.2. The molecule has 0 bridgehead atoms. The van der Waals surface area contributed by atoms with E-state index in [1.807, 2.05) is 35.7 Å². The lowest BCUT2D eigenvalue weighted by Gasteiger charge is -2.28. The zero-order valence-corrected chi connectivity index (χ0v) is 25.8. The predicted octanol–water partition coefficient (Wildman–Crippen LogP) is 10.1. The summed E-state index contributed by atoms with van der Waals surface area (Å²) in [7, 11) is 0. The summed E-state index contributed by atoms with van der Waals surface area (Å²) in [6.07, 6.45) is 3.52. The van der Waals surface area contributed by atoms with Crippen LogP contribution in [0.4, 0.5) is 0 Å². The van der Waals surface area contributed by atoms with E-state index in [0.717, 1.165) is 56.7 Å². The summed E-state index contributed by atoms with van der Waals surface area (Å²) in [5, 5.41) is 12.0. The van der Waals surface area contributed by atoms with Crippen molar-refractivity contribution in [3.63, 3.8) is 0 Å². The van der Waals surface area contributed by atoms with Crippen molar-refractivity contribution in [3.8, 4) is 28.3 Å². The third-order valence-corrected chi connectivity index (χ3v) is 8.81. The molecule has 0 saturated heterocycles. The molecule has 1 aromatic heterocycles.